The molecule has 1 heterocycles. The van der Waals surface area contributed by atoms with Crippen LogP contribution in [-0.2, 0) is 6.42 Å². The molecular weight excluding hydrogens is 196 g/mol. The van der Waals surface area contributed by atoms with E-state index in [1.165, 1.54) is 18.4 Å². The SMILES string of the molecule is CCNC(CCC(C)C)Cc1ccncc1. The number of likely N-dealkylation sites (N-methyl/N-ethyl adjacent to an activating group) is 1. The molecule has 0 aromatic carbocycles. The quantitative estimate of drug-likeness (QED) is 0.764. The van der Waals surface area contributed by atoms with Crippen LogP contribution in [0.25, 0.3) is 0 Å². The lowest BCUT2D eigenvalue weighted by Crippen LogP contribution is -2.31. The van der Waals surface area contributed by atoms with Crippen LogP contribution in [-0.4, -0.2) is 17.6 Å². The van der Waals surface area contributed by atoms with Crippen LogP contribution < -0.4 is 5.32 Å². The minimum absolute atomic E-state index is 0.606. The number of aromatic nitrogens is 1. The summed E-state index contributed by atoms with van der Waals surface area (Å²) in [5.41, 5.74) is 1.38. The predicted molar refractivity (Wildman–Crippen MR) is 69.5 cm³/mol. The summed E-state index contributed by atoms with van der Waals surface area (Å²) < 4.78 is 0. The van der Waals surface area contributed by atoms with Gasteiger partial charge in [0.15, 0.2) is 0 Å². The van der Waals surface area contributed by atoms with Crippen LogP contribution in [0.4, 0.5) is 0 Å². The third kappa shape index (κ3) is 5.26. The number of rotatable bonds is 7. The summed E-state index contributed by atoms with van der Waals surface area (Å²) in [6, 6.07) is 4.83. The van der Waals surface area contributed by atoms with Crippen LogP contribution in [0.1, 0.15) is 39.2 Å². The maximum Gasteiger partial charge on any atom is 0.0270 e. The molecule has 0 fully saturated rings. The number of nitrogens with one attached hydrogen (secondary N) is 1. The van der Waals surface area contributed by atoms with Gasteiger partial charge in [0.1, 0.15) is 0 Å². The van der Waals surface area contributed by atoms with Gasteiger partial charge in [0, 0.05) is 18.4 Å². The van der Waals surface area contributed by atoms with Crippen molar-refractivity contribution in [2.75, 3.05) is 6.54 Å². The maximum atomic E-state index is 4.05. The van der Waals surface area contributed by atoms with Crippen molar-refractivity contribution >= 4 is 0 Å². The highest BCUT2D eigenvalue weighted by atomic mass is 14.9. The van der Waals surface area contributed by atoms with Gasteiger partial charge >= 0.3 is 0 Å². The average molecular weight is 220 g/mol. The van der Waals surface area contributed by atoms with E-state index in [0.717, 1.165) is 18.9 Å². The molecule has 0 bridgehead atoms. The number of nitrogens with zero attached hydrogens (tertiary/aromatic N) is 1. The lowest BCUT2D eigenvalue weighted by Gasteiger charge is -2.18. The van der Waals surface area contributed by atoms with E-state index in [0.29, 0.717) is 6.04 Å². The highest BCUT2D eigenvalue weighted by Gasteiger charge is 2.08. The van der Waals surface area contributed by atoms with Crippen LogP contribution in [0.2, 0.25) is 0 Å². The van der Waals surface area contributed by atoms with Gasteiger partial charge in [0.25, 0.3) is 0 Å². The Labute approximate surface area is 99.5 Å². The van der Waals surface area contributed by atoms with E-state index in [9.17, 15) is 0 Å². The molecule has 2 heteroatoms. The van der Waals surface area contributed by atoms with Crippen LogP contribution in [0.3, 0.4) is 0 Å². The first kappa shape index (κ1) is 13.2. The van der Waals surface area contributed by atoms with Crippen molar-refractivity contribution in [3.63, 3.8) is 0 Å². The van der Waals surface area contributed by atoms with E-state index in [1.54, 1.807) is 0 Å². The molecule has 16 heavy (non-hydrogen) atoms. The fourth-order valence-corrected chi connectivity index (χ4v) is 1.90. The van der Waals surface area contributed by atoms with Gasteiger partial charge in [-0.2, -0.15) is 0 Å². The van der Waals surface area contributed by atoms with Crippen molar-refractivity contribution < 1.29 is 0 Å². The Morgan fingerprint density at radius 3 is 2.44 bits per heavy atom. The van der Waals surface area contributed by atoms with Crippen molar-refractivity contribution in [3.05, 3.63) is 30.1 Å². The number of pyridine rings is 1. The first-order chi connectivity index (χ1) is 7.72. The summed E-state index contributed by atoms with van der Waals surface area (Å²) >= 11 is 0. The van der Waals surface area contributed by atoms with Crippen molar-refractivity contribution in [1.82, 2.24) is 10.3 Å². The first-order valence-corrected chi connectivity index (χ1v) is 6.34. The maximum absolute atomic E-state index is 4.05. The van der Waals surface area contributed by atoms with Crippen molar-refractivity contribution in [2.45, 2.75) is 46.1 Å². The normalized spacial score (nSPS) is 13.0. The van der Waals surface area contributed by atoms with Gasteiger partial charge < -0.3 is 5.32 Å². The van der Waals surface area contributed by atoms with Crippen LogP contribution in [0, 0.1) is 5.92 Å². The fourth-order valence-electron chi connectivity index (χ4n) is 1.90. The third-order valence-electron chi connectivity index (χ3n) is 2.82. The second-order valence-corrected chi connectivity index (χ2v) is 4.79. The van der Waals surface area contributed by atoms with E-state index in [4.69, 9.17) is 0 Å². The Kier molecular flexibility index (Phi) is 6.09. The largest absolute Gasteiger partial charge is 0.314 e. The predicted octanol–water partition coefficient (Wildman–Crippen LogP) is 3.04. The Morgan fingerprint density at radius 2 is 1.88 bits per heavy atom. The zero-order chi connectivity index (χ0) is 11.8. The molecular formula is C14H24N2. The molecule has 0 amide bonds. The van der Waals surface area contributed by atoms with Crippen LogP contribution in [0.15, 0.2) is 24.5 Å². The first-order valence-electron chi connectivity index (χ1n) is 6.34. The topological polar surface area (TPSA) is 24.9 Å². The zero-order valence-electron chi connectivity index (χ0n) is 10.7. The molecule has 1 atom stereocenters. The van der Waals surface area contributed by atoms with Crippen molar-refractivity contribution in [2.24, 2.45) is 5.92 Å². The second-order valence-electron chi connectivity index (χ2n) is 4.79. The van der Waals surface area contributed by atoms with Gasteiger partial charge in [-0.25, -0.2) is 0 Å². The minimum Gasteiger partial charge on any atom is -0.314 e. The molecule has 0 saturated heterocycles. The molecule has 1 rings (SSSR count). The molecule has 0 aliphatic heterocycles. The van der Waals surface area contributed by atoms with Crippen molar-refractivity contribution in [3.8, 4) is 0 Å². The molecule has 90 valence electrons. The van der Waals surface area contributed by atoms with Gasteiger partial charge in [-0.05, 0) is 49.4 Å². The molecule has 0 spiro atoms. The highest BCUT2D eigenvalue weighted by Crippen LogP contribution is 2.11. The van der Waals surface area contributed by atoms with Gasteiger partial charge in [-0.1, -0.05) is 20.8 Å². The standard InChI is InChI=1S/C14H24N2/c1-4-16-14(6-5-12(2)3)11-13-7-9-15-10-8-13/h7-10,12,14,16H,4-6,11H2,1-3H3. The van der Waals surface area contributed by atoms with Crippen LogP contribution >= 0.6 is 0 Å². The second kappa shape index (κ2) is 7.39. The molecule has 1 N–H and O–H groups in total. The molecule has 2 nitrogen and oxygen atoms in total. The van der Waals surface area contributed by atoms with Gasteiger partial charge in [0.2, 0.25) is 0 Å². The summed E-state index contributed by atoms with van der Waals surface area (Å²) in [5.74, 6) is 0.790. The Balaban J connectivity index is 2.44. The zero-order valence-corrected chi connectivity index (χ0v) is 10.7. The van der Waals surface area contributed by atoms with E-state index in [1.807, 2.05) is 12.4 Å². The number of hydrogen-bond acceptors (Lipinski definition) is 2. The van der Waals surface area contributed by atoms with E-state index < -0.39 is 0 Å². The molecule has 1 aromatic rings. The summed E-state index contributed by atoms with van der Waals surface area (Å²) in [5, 5.41) is 3.57. The Hall–Kier alpha value is -0.890. The fraction of sp³-hybridized carbons (Fsp3) is 0.643. The number of hydrogen-bond donors (Lipinski definition) is 1. The van der Waals surface area contributed by atoms with Crippen LogP contribution in [0.5, 0.6) is 0 Å². The Bertz CT molecular complexity index is 269. The van der Waals surface area contributed by atoms with Gasteiger partial charge in [0.05, 0.1) is 0 Å². The molecule has 1 aromatic heterocycles. The third-order valence-corrected chi connectivity index (χ3v) is 2.82. The van der Waals surface area contributed by atoms with E-state index in [2.05, 4.69) is 43.2 Å². The average Bonchev–Trinajstić information content (AvgIpc) is 2.27. The smallest absolute Gasteiger partial charge is 0.0270 e. The summed E-state index contributed by atoms with van der Waals surface area (Å²) in [4.78, 5) is 4.05. The van der Waals surface area contributed by atoms with E-state index in [-0.39, 0.29) is 0 Å². The lowest BCUT2D eigenvalue weighted by atomic mass is 9.98. The molecule has 0 aliphatic carbocycles. The van der Waals surface area contributed by atoms with Gasteiger partial charge in [-0.15, -0.1) is 0 Å². The molecule has 0 aliphatic rings. The van der Waals surface area contributed by atoms with E-state index >= 15 is 0 Å². The van der Waals surface area contributed by atoms with Crippen molar-refractivity contribution in [1.29, 1.82) is 0 Å². The summed E-state index contributed by atoms with van der Waals surface area (Å²) in [6.45, 7) is 7.80. The summed E-state index contributed by atoms with van der Waals surface area (Å²) in [6.07, 6.45) is 7.42. The Morgan fingerprint density at radius 1 is 1.19 bits per heavy atom. The monoisotopic (exact) mass is 220 g/mol. The molecule has 1 unspecified atom stereocenters. The molecule has 0 radical (unpaired) electrons. The highest BCUT2D eigenvalue weighted by molar-refractivity contribution is 5.11. The summed E-state index contributed by atoms with van der Waals surface area (Å²) in [7, 11) is 0. The molecule has 0 saturated carbocycles. The van der Waals surface area contributed by atoms with Gasteiger partial charge in [-0.3, -0.25) is 4.98 Å². The lowest BCUT2D eigenvalue weighted by molar-refractivity contribution is 0.434. The minimum atomic E-state index is 0.606.